The summed E-state index contributed by atoms with van der Waals surface area (Å²) in [5.41, 5.74) is 0.321. The van der Waals surface area contributed by atoms with Crippen LogP contribution in [0.5, 0.6) is 5.75 Å². The standard InChI is InChI=1S/C13H11ClFNO3S/c1-8-2-4-10(15)7-13(8)20(18,19)16-11-6-9(14)3-5-12(11)17/h2-7,16-17H,1H3. The number of phenols is 1. The number of nitrogens with one attached hydrogen (secondary N) is 1. The van der Waals surface area contributed by atoms with E-state index in [2.05, 4.69) is 4.72 Å². The normalized spacial score (nSPS) is 11.3. The highest BCUT2D eigenvalue weighted by Crippen LogP contribution is 2.29. The molecule has 0 amide bonds. The van der Waals surface area contributed by atoms with E-state index in [0.717, 1.165) is 6.07 Å². The summed E-state index contributed by atoms with van der Waals surface area (Å²) in [5.74, 6) is -0.932. The Labute approximate surface area is 120 Å². The first kappa shape index (κ1) is 14.6. The molecule has 0 aromatic heterocycles. The van der Waals surface area contributed by atoms with Crippen molar-refractivity contribution in [2.45, 2.75) is 11.8 Å². The fourth-order valence-corrected chi connectivity index (χ4v) is 3.15. The Balaban J connectivity index is 2.46. The molecule has 7 heteroatoms. The number of hydrogen-bond donors (Lipinski definition) is 2. The Morgan fingerprint density at radius 3 is 2.60 bits per heavy atom. The zero-order valence-corrected chi connectivity index (χ0v) is 12.0. The van der Waals surface area contributed by atoms with Crippen molar-refractivity contribution in [1.29, 1.82) is 0 Å². The second-order valence-electron chi connectivity index (χ2n) is 4.18. The van der Waals surface area contributed by atoms with E-state index in [9.17, 15) is 17.9 Å². The lowest BCUT2D eigenvalue weighted by Gasteiger charge is -2.11. The molecule has 0 aliphatic rings. The fraction of sp³-hybridized carbons (Fsp3) is 0.0769. The number of aryl methyl sites for hydroxylation is 1. The Bertz CT molecular complexity index is 762. The van der Waals surface area contributed by atoms with E-state index in [4.69, 9.17) is 11.6 Å². The van der Waals surface area contributed by atoms with E-state index in [-0.39, 0.29) is 21.4 Å². The lowest BCUT2D eigenvalue weighted by molar-refractivity contribution is 0.477. The average molecular weight is 316 g/mol. The van der Waals surface area contributed by atoms with Gasteiger partial charge in [-0.05, 0) is 42.8 Å². The molecule has 0 aliphatic carbocycles. The molecule has 2 N–H and O–H groups in total. The Morgan fingerprint density at radius 1 is 1.20 bits per heavy atom. The maximum absolute atomic E-state index is 13.2. The molecule has 0 heterocycles. The summed E-state index contributed by atoms with van der Waals surface area (Å²) < 4.78 is 39.8. The van der Waals surface area contributed by atoms with Crippen LogP contribution in [0.1, 0.15) is 5.56 Å². The Morgan fingerprint density at radius 2 is 1.90 bits per heavy atom. The van der Waals surface area contributed by atoms with Gasteiger partial charge in [0.25, 0.3) is 10.0 Å². The first-order valence-corrected chi connectivity index (χ1v) is 7.43. The summed E-state index contributed by atoms with van der Waals surface area (Å²) in [6.45, 7) is 1.55. The Kier molecular flexibility index (Phi) is 3.87. The highest BCUT2D eigenvalue weighted by Gasteiger charge is 2.19. The van der Waals surface area contributed by atoms with Crippen molar-refractivity contribution in [3.63, 3.8) is 0 Å². The van der Waals surface area contributed by atoms with Gasteiger partial charge >= 0.3 is 0 Å². The van der Waals surface area contributed by atoms with Crippen LogP contribution in [0.4, 0.5) is 10.1 Å². The number of phenolic OH excluding ortho intramolecular Hbond substituents is 1. The van der Waals surface area contributed by atoms with E-state index >= 15 is 0 Å². The average Bonchev–Trinajstić information content (AvgIpc) is 2.36. The second kappa shape index (κ2) is 5.30. The molecule has 0 atom stereocenters. The van der Waals surface area contributed by atoms with Crippen LogP contribution in [0.15, 0.2) is 41.3 Å². The molecule has 2 rings (SSSR count). The molecule has 4 nitrogen and oxygen atoms in total. The first-order valence-electron chi connectivity index (χ1n) is 5.57. The molecule has 0 unspecified atom stereocenters. The largest absolute Gasteiger partial charge is 0.506 e. The van der Waals surface area contributed by atoms with Crippen LogP contribution in [-0.4, -0.2) is 13.5 Å². The van der Waals surface area contributed by atoms with Crippen LogP contribution in [0.3, 0.4) is 0 Å². The lowest BCUT2D eigenvalue weighted by atomic mass is 10.2. The van der Waals surface area contributed by atoms with Crippen LogP contribution in [0.25, 0.3) is 0 Å². The van der Waals surface area contributed by atoms with E-state index in [0.29, 0.717) is 5.56 Å². The predicted molar refractivity (Wildman–Crippen MR) is 75.1 cm³/mol. The minimum atomic E-state index is -4.01. The third kappa shape index (κ3) is 3.02. The monoisotopic (exact) mass is 315 g/mol. The predicted octanol–water partition coefficient (Wildman–Crippen LogP) is 3.29. The smallest absolute Gasteiger partial charge is 0.262 e. The molecule has 0 bridgehead atoms. The Hall–Kier alpha value is -1.79. The maximum atomic E-state index is 13.2. The van der Waals surface area contributed by atoms with Crippen LogP contribution in [-0.2, 0) is 10.0 Å². The molecule has 0 saturated carbocycles. The van der Waals surface area contributed by atoms with E-state index in [1.165, 1.54) is 30.3 Å². The summed E-state index contributed by atoms with van der Waals surface area (Å²) in [6.07, 6.45) is 0. The zero-order valence-electron chi connectivity index (χ0n) is 10.4. The third-order valence-electron chi connectivity index (χ3n) is 2.64. The van der Waals surface area contributed by atoms with E-state index in [1.807, 2.05) is 0 Å². The van der Waals surface area contributed by atoms with Gasteiger partial charge in [0.05, 0.1) is 10.6 Å². The summed E-state index contributed by atoms with van der Waals surface area (Å²) in [4.78, 5) is -0.197. The molecular weight excluding hydrogens is 305 g/mol. The van der Waals surface area contributed by atoms with Crippen molar-refractivity contribution < 1.29 is 17.9 Å². The molecule has 20 heavy (non-hydrogen) atoms. The number of hydrogen-bond acceptors (Lipinski definition) is 3. The number of halogens is 2. The second-order valence-corrected chi connectivity index (χ2v) is 6.26. The van der Waals surface area contributed by atoms with Gasteiger partial charge in [0.1, 0.15) is 11.6 Å². The third-order valence-corrected chi connectivity index (χ3v) is 4.39. The highest BCUT2D eigenvalue weighted by atomic mass is 35.5. The van der Waals surface area contributed by atoms with Crippen molar-refractivity contribution in [3.05, 3.63) is 52.8 Å². The van der Waals surface area contributed by atoms with Crippen molar-refractivity contribution in [2.24, 2.45) is 0 Å². The van der Waals surface area contributed by atoms with Gasteiger partial charge in [-0.25, -0.2) is 12.8 Å². The van der Waals surface area contributed by atoms with Crippen molar-refractivity contribution in [1.82, 2.24) is 0 Å². The SMILES string of the molecule is Cc1ccc(F)cc1S(=O)(=O)Nc1cc(Cl)ccc1O. The minimum absolute atomic E-state index is 0.0684. The number of aromatic hydroxyl groups is 1. The zero-order chi connectivity index (χ0) is 14.9. The molecule has 106 valence electrons. The lowest BCUT2D eigenvalue weighted by Crippen LogP contribution is -2.14. The van der Waals surface area contributed by atoms with Crippen LogP contribution < -0.4 is 4.72 Å². The van der Waals surface area contributed by atoms with Gasteiger partial charge in [0.2, 0.25) is 0 Å². The molecular formula is C13H11ClFNO3S. The summed E-state index contributed by atoms with van der Waals surface area (Å²) in [5, 5.41) is 9.87. The van der Waals surface area contributed by atoms with Gasteiger partial charge in [0, 0.05) is 5.02 Å². The fourth-order valence-electron chi connectivity index (χ4n) is 1.65. The van der Waals surface area contributed by atoms with Gasteiger partial charge in [-0.15, -0.1) is 0 Å². The number of rotatable bonds is 3. The van der Waals surface area contributed by atoms with E-state index in [1.54, 1.807) is 6.92 Å². The molecule has 0 fully saturated rings. The topological polar surface area (TPSA) is 66.4 Å². The number of benzene rings is 2. The van der Waals surface area contributed by atoms with Gasteiger partial charge in [0.15, 0.2) is 0 Å². The molecule has 0 radical (unpaired) electrons. The number of sulfonamides is 1. The molecule has 0 saturated heterocycles. The highest BCUT2D eigenvalue weighted by molar-refractivity contribution is 7.92. The molecule has 0 spiro atoms. The molecule has 2 aromatic rings. The van der Waals surface area contributed by atoms with Crippen LogP contribution in [0, 0.1) is 12.7 Å². The van der Waals surface area contributed by atoms with E-state index < -0.39 is 15.8 Å². The van der Waals surface area contributed by atoms with Crippen LogP contribution >= 0.6 is 11.6 Å². The van der Waals surface area contributed by atoms with Gasteiger partial charge in [-0.3, -0.25) is 4.72 Å². The minimum Gasteiger partial charge on any atom is -0.506 e. The van der Waals surface area contributed by atoms with Crippen molar-refractivity contribution in [2.75, 3.05) is 4.72 Å². The molecule has 0 aliphatic heterocycles. The summed E-state index contributed by atoms with van der Waals surface area (Å²) in [6, 6.07) is 7.40. The first-order chi connectivity index (χ1) is 9.29. The summed E-state index contributed by atoms with van der Waals surface area (Å²) in [7, 11) is -4.01. The maximum Gasteiger partial charge on any atom is 0.262 e. The van der Waals surface area contributed by atoms with Crippen LogP contribution in [0.2, 0.25) is 5.02 Å². The van der Waals surface area contributed by atoms with Gasteiger partial charge < -0.3 is 5.11 Å². The molecule has 2 aromatic carbocycles. The van der Waals surface area contributed by atoms with Gasteiger partial charge in [-0.2, -0.15) is 0 Å². The van der Waals surface area contributed by atoms with Crippen molar-refractivity contribution >= 4 is 27.3 Å². The van der Waals surface area contributed by atoms with Crippen molar-refractivity contribution in [3.8, 4) is 5.75 Å². The number of anilines is 1. The summed E-state index contributed by atoms with van der Waals surface area (Å²) >= 11 is 5.74. The quantitative estimate of drug-likeness (QED) is 0.854. The van der Waals surface area contributed by atoms with Gasteiger partial charge in [-0.1, -0.05) is 17.7 Å².